The fraction of sp³-hybridized carbons (Fsp3) is 0.440. The molecule has 0 saturated carbocycles. The van der Waals surface area contributed by atoms with Crippen LogP contribution in [0.1, 0.15) is 30.8 Å². The van der Waals surface area contributed by atoms with Crippen LogP contribution in [0.15, 0.2) is 42.5 Å². The second-order valence-corrected chi connectivity index (χ2v) is 9.57. The van der Waals surface area contributed by atoms with Crippen LogP contribution < -0.4 is 9.47 Å². The van der Waals surface area contributed by atoms with Crippen molar-refractivity contribution in [2.45, 2.75) is 39.3 Å². The lowest BCUT2D eigenvalue weighted by Gasteiger charge is -2.34. The van der Waals surface area contributed by atoms with Crippen LogP contribution in [0.5, 0.6) is 11.5 Å². The summed E-state index contributed by atoms with van der Waals surface area (Å²) < 4.78 is 13.7. The van der Waals surface area contributed by atoms with Crippen molar-refractivity contribution in [2.75, 3.05) is 32.8 Å². The SMILES string of the molecule is Cc1ccc(-n2nnnc2CN2CCN(C(=O)COc3cccc4c3OC(C)(C)C4)CC2)cc1. The summed E-state index contributed by atoms with van der Waals surface area (Å²) in [6, 6.07) is 14.0. The first-order valence-corrected chi connectivity index (χ1v) is 11.7. The van der Waals surface area contributed by atoms with E-state index in [0.29, 0.717) is 25.4 Å². The summed E-state index contributed by atoms with van der Waals surface area (Å²) in [5.41, 5.74) is 3.01. The Morgan fingerprint density at radius 2 is 1.85 bits per heavy atom. The summed E-state index contributed by atoms with van der Waals surface area (Å²) in [6.07, 6.45) is 0.836. The topological polar surface area (TPSA) is 85.6 Å². The Morgan fingerprint density at radius 3 is 2.62 bits per heavy atom. The molecule has 0 spiro atoms. The number of amides is 1. The Bertz CT molecular complexity index is 1170. The summed E-state index contributed by atoms with van der Waals surface area (Å²) >= 11 is 0. The molecule has 2 aliphatic rings. The summed E-state index contributed by atoms with van der Waals surface area (Å²) in [5.74, 6) is 2.17. The molecule has 1 saturated heterocycles. The van der Waals surface area contributed by atoms with Gasteiger partial charge in [-0.15, -0.1) is 5.10 Å². The largest absolute Gasteiger partial charge is 0.483 e. The molecule has 0 radical (unpaired) electrons. The number of rotatable bonds is 6. The van der Waals surface area contributed by atoms with Crippen LogP contribution in [-0.4, -0.2) is 74.3 Å². The Hall–Kier alpha value is -3.46. The fourth-order valence-electron chi connectivity index (χ4n) is 4.48. The van der Waals surface area contributed by atoms with Gasteiger partial charge in [-0.25, -0.2) is 0 Å². The molecule has 0 aliphatic carbocycles. The zero-order chi connectivity index (χ0) is 23.7. The van der Waals surface area contributed by atoms with E-state index in [2.05, 4.69) is 41.2 Å². The predicted octanol–water partition coefficient (Wildman–Crippen LogP) is 2.41. The number of nitrogens with zero attached hydrogens (tertiary/aromatic N) is 6. The van der Waals surface area contributed by atoms with E-state index >= 15 is 0 Å². The number of hydrogen-bond donors (Lipinski definition) is 0. The van der Waals surface area contributed by atoms with Gasteiger partial charge in [-0.2, -0.15) is 4.68 Å². The van der Waals surface area contributed by atoms with E-state index in [-0.39, 0.29) is 18.1 Å². The van der Waals surface area contributed by atoms with Gasteiger partial charge in [0, 0.05) is 38.2 Å². The maximum atomic E-state index is 12.8. The van der Waals surface area contributed by atoms with Crippen molar-refractivity contribution in [1.82, 2.24) is 30.0 Å². The molecule has 0 N–H and O–H groups in total. The van der Waals surface area contributed by atoms with Gasteiger partial charge in [-0.1, -0.05) is 29.8 Å². The van der Waals surface area contributed by atoms with Gasteiger partial charge < -0.3 is 14.4 Å². The number of ether oxygens (including phenoxy) is 2. The molecular formula is C25H30N6O3. The first-order chi connectivity index (χ1) is 16.4. The lowest BCUT2D eigenvalue weighted by molar-refractivity contribution is -0.135. The number of tetrazole rings is 1. The maximum absolute atomic E-state index is 12.8. The first kappa shape index (κ1) is 22.3. The van der Waals surface area contributed by atoms with Crippen molar-refractivity contribution in [1.29, 1.82) is 0 Å². The van der Waals surface area contributed by atoms with E-state index < -0.39 is 0 Å². The maximum Gasteiger partial charge on any atom is 0.260 e. The van der Waals surface area contributed by atoms with E-state index in [1.807, 2.05) is 47.4 Å². The summed E-state index contributed by atoms with van der Waals surface area (Å²) in [4.78, 5) is 16.9. The lowest BCUT2D eigenvalue weighted by Crippen LogP contribution is -2.49. The minimum Gasteiger partial charge on any atom is -0.483 e. The summed E-state index contributed by atoms with van der Waals surface area (Å²) in [6.45, 7) is 9.59. The van der Waals surface area contributed by atoms with Gasteiger partial charge in [0.2, 0.25) is 0 Å². The third kappa shape index (κ3) is 4.75. The second kappa shape index (κ2) is 9.06. The lowest BCUT2D eigenvalue weighted by atomic mass is 10.0. The van der Waals surface area contributed by atoms with Crippen LogP contribution in [0.25, 0.3) is 5.69 Å². The molecule has 1 amide bonds. The number of carbonyl (C=O) groups excluding carboxylic acids is 1. The van der Waals surface area contributed by atoms with E-state index in [4.69, 9.17) is 9.47 Å². The molecule has 0 bridgehead atoms. The van der Waals surface area contributed by atoms with Gasteiger partial charge in [0.05, 0.1) is 12.2 Å². The molecule has 0 atom stereocenters. The number of fused-ring (bicyclic) bond motifs is 1. The molecule has 178 valence electrons. The number of hydrogen-bond acceptors (Lipinski definition) is 7. The molecule has 2 aliphatic heterocycles. The molecule has 1 fully saturated rings. The summed E-state index contributed by atoms with van der Waals surface area (Å²) in [7, 11) is 0. The average molecular weight is 463 g/mol. The fourth-order valence-corrected chi connectivity index (χ4v) is 4.48. The molecule has 5 rings (SSSR count). The van der Waals surface area contributed by atoms with Crippen LogP contribution >= 0.6 is 0 Å². The number of aryl methyl sites for hydroxylation is 1. The second-order valence-electron chi connectivity index (χ2n) is 9.57. The van der Waals surface area contributed by atoms with Gasteiger partial charge in [0.15, 0.2) is 23.9 Å². The molecule has 9 heteroatoms. The number of benzene rings is 2. The smallest absolute Gasteiger partial charge is 0.260 e. The Balaban J connectivity index is 1.14. The Labute approximate surface area is 199 Å². The van der Waals surface area contributed by atoms with E-state index in [1.54, 1.807) is 4.68 Å². The Kier molecular flexibility index (Phi) is 5.95. The van der Waals surface area contributed by atoms with Crippen molar-refractivity contribution >= 4 is 5.91 Å². The summed E-state index contributed by atoms with van der Waals surface area (Å²) in [5, 5.41) is 12.2. The van der Waals surface area contributed by atoms with E-state index in [9.17, 15) is 4.79 Å². The normalized spacial score (nSPS) is 17.3. The Morgan fingerprint density at radius 1 is 1.09 bits per heavy atom. The molecule has 3 heterocycles. The molecule has 3 aromatic rings. The zero-order valence-corrected chi connectivity index (χ0v) is 19.9. The van der Waals surface area contributed by atoms with Gasteiger partial charge in [0.25, 0.3) is 5.91 Å². The van der Waals surface area contributed by atoms with Crippen molar-refractivity contribution in [3.05, 3.63) is 59.4 Å². The van der Waals surface area contributed by atoms with Crippen LogP contribution in [0, 0.1) is 6.92 Å². The predicted molar refractivity (Wildman–Crippen MR) is 126 cm³/mol. The van der Waals surface area contributed by atoms with Gasteiger partial charge >= 0.3 is 0 Å². The van der Waals surface area contributed by atoms with Gasteiger partial charge in [-0.05, 0) is 49.4 Å². The van der Waals surface area contributed by atoms with Gasteiger partial charge in [-0.3, -0.25) is 9.69 Å². The highest BCUT2D eigenvalue weighted by Gasteiger charge is 2.32. The van der Waals surface area contributed by atoms with Crippen molar-refractivity contribution in [3.8, 4) is 17.2 Å². The van der Waals surface area contributed by atoms with Crippen LogP contribution in [0.2, 0.25) is 0 Å². The first-order valence-electron chi connectivity index (χ1n) is 11.7. The molecular weight excluding hydrogens is 432 g/mol. The van der Waals surface area contributed by atoms with E-state index in [1.165, 1.54) is 5.56 Å². The number of aromatic nitrogens is 4. The third-order valence-corrected chi connectivity index (χ3v) is 6.31. The van der Waals surface area contributed by atoms with Crippen LogP contribution in [-0.2, 0) is 17.8 Å². The number of carbonyl (C=O) groups is 1. The minimum absolute atomic E-state index is 0.00587. The molecule has 2 aromatic carbocycles. The van der Waals surface area contributed by atoms with Crippen molar-refractivity contribution in [3.63, 3.8) is 0 Å². The molecule has 9 nitrogen and oxygen atoms in total. The standard InChI is InChI=1S/C25H30N6O3/c1-18-7-9-20(10-8-18)31-22(26-27-28-31)16-29-11-13-30(14-12-29)23(32)17-33-21-6-4-5-19-15-25(2,3)34-24(19)21/h4-10H,11-17H2,1-3H3. The zero-order valence-electron chi connectivity index (χ0n) is 19.9. The highest BCUT2D eigenvalue weighted by atomic mass is 16.5. The highest BCUT2D eigenvalue weighted by Crippen LogP contribution is 2.41. The van der Waals surface area contributed by atoms with Crippen LogP contribution in [0.4, 0.5) is 0 Å². The molecule has 1 aromatic heterocycles. The average Bonchev–Trinajstić information content (AvgIpc) is 3.41. The number of piperazine rings is 1. The van der Waals surface area contributed by atoms with E-state index in [0.717, 1.165) is 42.3 Å². The van der Waals surface area contributed by atoms with Crippen molar-refractivity contribution < 1.29 is 14.3 Å². The number of para-hydroxylation sites is 1. The monoisotopic (exact) mass is 462 g/mol. The quantitative estimate of drug-likeness (QED) is 0.556. The molecule has 0 unspecified atom stereocenters. The minimum atomic E-state index is -0.249. The molecule has 34 heavy (non-hydrogen) atoms. The van der Waals surface area contributed by atoms with Gasteiger partial charge in [0.1, 0.15) is 5.60 Å². The van der Waals surface area contributed by atoms with Crippen LogP contribution in [0.3, 0.4) is 0 Å². The third-order valence-electron chi connectivity index (χ3n) is 6.31. The highest BCUT2D eigenvalue weighted by molar-refractivity contribution is 5.78. The van der Waals surface area contributed by atoms with Crippen molar-refractivity contribution in [2.24, 2.45) is 0 Å².